The molecule has 1 nitrogen and oxygen atoms in total. The maximum absolute atomic E-state index is 5.87. The van der Waals surface area contributed by atoms with E-state index in [1.807, 2.05) is 12.3 Å². The lowest BCUT2D eigenvalue weighted by molar-refractivity contribution is 0.977. The highest BCUT2D eigenvalue weighted by atomic mass is 35.5. The summed E-state index contributed by atoms with van der Waals surface area (Å²) in [6.07, 6.45) is 4.47. The third kappa shape index (κ3) is 1.34. The van der Waals surface area contributed by atoms with E-state index in [4.69, 9.17) is 11.6 Å². The fourth-order valence-corrected chi connectivity index (χ4v) is 1.84. The molecule has 1 fully saturated rings. The summed E-state index contributed by atoms with van der Waals surface area (Å²) in [5.74, 6) is 1.31. The van der Waals surface area contributed by atoms with Crippen LogP contribution in [0.5, 0.6) is 0 Å². The predicted octanol–water partition coefficient (Wildman–Crippen LogP) is 3.01. The van der Waals surface area contributed by atoms with Crippen LogP contribution in [0, 0.1) is 6.92 Å². The van der Waals surface area contributed by atoms with Crippen molar-refractivity contribution in [2.45, 2.75) is 31.6 Å². The van der Waals surface area contributed by atoms with Crippen LogP contribution >= 0.6 is 11.6 Å². The minimum Gasteiger partial charge on any atom is -0.261 e. The molecule has 0 N–H and O–H groups in total. The van der Waals surface area contributed by atoms with E-state index in [2.05, 4.69) is 11.9 Å². The van der Waals surface area contributed by atoms with Gasteiger partial charge in [0.15, 0.2) is 0 Å². The molecule has 64 valence electrons. The van der Waals surface area contributed by atoms with Crippen LogP contribution in [0.4, 0.5) is 0 Å². The molecule has 0 spiro atoms. The van der Waals surface area contributed by atoms with Gasteiger partial charge < -0.3 is 0 Å². The summed E-state index contributed by atoms with van der Waals surface area (Å²) >= 11 is 5.87. The van der Waals surface area contributed by atoms with Gasteiger partial charge in [-0.05, 0) is 37.0 Å². The van der Waals surface area contributed by atoms with Gasteiger partial charge in [-0.2, -0.15) is 0 Å². The van der Waals surface area contributed by atoms with Crippen molar-refractivity contribution in [3.05, 3.63) is 29.1 Å². The predicted molar refractivity (Wildman–Crippen MR) is 50.5 cm³/mol. The zero-order valence-corrected chi connectivity index (χ0v) is 7.93. The van der Waals surface area contributed by atoms with Gasteiger partial charge in [0.05, 0.1) is 0 Å². The third-order valence-corrected chi connectivity index (χ3v) is 2.69. The molecule has 0 bridgehead atoms. The third-order valence-electron chi connectivity index (χ3n) is 2.42. The zero-order chi connectivity index (χ0) is 8.55. The molecule has 0 atom stereocenters. The molecule has 2 heteroatoms. The van der Waals surface area contributed by atoms with E-state index in [0.717, 1.165) is 0 Å². The largest absolute Gasteiger partial charge is 0.261 e. The molecule has 0 unspecified atom stereocenters. The number of halogens is 1. The second-order valence-corrected chi connectivity index (χ2v) is 3.67. The minimum atomic E-state index is 0.603. The van der Waals surface area contributed by atoms with Crippen molar-refractivity contribution in [1.29, 1.82) is 0 Å². The minimum absolute atomic E-state index is 0.603. The Kier molecular flexibility index (Phi) is 2.05. The van der Waals surface area contributed by atoms with E-state index in [1.54, 1.807) is 0 Å². The van der Waals surface area contributed by atoms with Crippen molar-refractivity contribution >= 4 is 11.6 Å². The van der Waals surface area contributed by atoms with Gasteiger partial charge in [0.2, 0.25) is 0 Å². The highest BCUT2D eigenvalue weighted by molar-refractivity contribution is 6.17. The van der Waals surface area contributed by atoms with Crippen LogP contribution in [-0.4, -0.2) is 4.98 Å². The molecule has 1 saturated carbocycles. The second kappa shape index (κ2) is 3.06. The van der Waals surface area contributed by atoms with E-state index in [1.165, 1.54) is 29.7 Å². The van der Waals surface area contributed by atoms with Crippen molar-refractivity contribution in [1.82, 2.24) is 4.98 Å². The van der Waals surface area contributed by atoms with Crippen LogP contribution in [0.2, 0.25) is 0 Å². The summed E-state index contributed by atoms with van der Waals surface area (Å²) in [6.45, 7) is 2.10. The summed E-state index contributed by atoms with van der Waals surface area (Å²) in [4.78, 5) is 4.39. The smallest absolute Gasteiger partial charge is 0.0494 e. The van der Waals surface area contributed by atoms with E-state index in [-0.39, 0.29) is 0 Å². The van der Waals surface area contributed by atoms with Gasteiger partial charge in [0.1, 0.15) is 0 Å². The molecule has 1 heterocycles. The van der Waals surface area contributed by atoms with E-state index < -0.39 is 0 Å². The quantitative estimate of drug-likeness (QED) is 0.640. The van der Waals surface area contributed by atoms with E-state index in [9.17, 15) is 0 Å². The molecule has 1 aromatic heterocycles. The van der Waals surface area contributed by atoms with Gasteiger partial charge in [-0.15, -0.1) is 11.6 Å². The van der Waals surface area contributed by atoms with Crippen molar-refractivity contribution in [3.8, 4) is 0 Å². The Morgan fingerprint density at radius 1 is 1.58 bits per heavy atom. The van der Waals surface area contributed by atoms with Crippen molar-refractivity contribution in [2.75, 3.05) is 0 Å². The van der Waals surface area contributed by atoms with Crippen molar-refractivity contribution in [3.63, 3.8) is 0 Å². The van der Waals surface area contributed by atoms with Crippen LogP contribution in [-0.2, 0) is 5.88 Å². The highest BCUT2D eigenvalue weighted by Gasteiger charge is 2.27. The summed E-state index contributed by atoms with van der Waals surface area (Å²) in [6, 6.07) is 2.03. The van der Waals surface area contributed by atoms with E-state index >= 15 is 0 Å². The Labute approximate surface area is 77.8 Å². The molecule has 0 aromatic carbocycles. The maximum Gasteiger partial charge on any atom is 0.0494 e. The summed E-state index contributed by atoms with van der Waals surface area (Å²) in [5, 5.41) is 0. The molecule has 1 aliphatic rings. The molecular weight excluding hydrogens is 170 g/mol. The van der Waals surface area contributed by atoms with Crippen LogP contribution in [0.1, 0.15) is 35.6 Å². The normalized spacial score (nSPS) is 16.5. The van der Waals surface area contributed by atoms with Gasteiger partial charge in [0.25, 0.3) is 0 Å². The van der Waals surface area contributed by atoms with Crippen molar-refractivity contribution < 1.29 is 0 Å². The van der Waals surface area contributed by atoms with Crippen molar-refractivity contribution in [2.24, 2.45) is 0 Å². The number of pyridine rings is 1. The average molecular weight is 182 g/mol. The lowest BCUT2D eigenvalue weighted by atomic mass is 10.1. The number of aromatic nitrogens is 1. The monoisotopic (exact) mass is 181 g/mol. The fraction of sp³-hybridized carbons (Fsp3) is 0.500. The standard InChI is InChI=1S/C10H12ClN/c1-7-4-5-12-10(8-2-3-8)9(7)6-11/h4-5,8H,2-3,6H2,1H3. The van der Waals surface area contributed by atoms with Gasteiger partial charge in [-0.25, -0.2) is 0 Å². The van der Waals surface area contributed by atoms with Gasteiger partial charge in [-0.1, -0.05) is 0 Å². The van der Waals surface area contributed by atoms with Crippen LogP contribution < -0.4 is 0 Å². The van der Waals surface area contributed by atoms with Gasteiger partial charge >= 0.3 is 0 Å². The SMILES string of the molecule is Cc1ccnc(C2CC2)c1CCl. The Balaban J connectivity index is 2.43. The lowest BCUT2D eigenvalue weighted by Gasteiger charge is -2.06. The molecule has 0 aliphatic heterocycles. The Bertz CT molecular complexity index is 292. The number of aryl methyl sites for hydroxylation is 1. The lowest BCUT2D eigenvalue weighted by Crippen LogP contribution is -1.96. The zero-order valence-electron chi connectivity index (χ0n) is 7.18. The first-order chi connectivity index (χ1) is 5.83. The summed E-state index contributed by atoms with van der Waals surface area (Å²) in [5.41, 5.74) is 3.77. The Morgan fingerprint density at radius 2 is 2.33 bits per heavy atom. The van der Waals surface area contributed by atoms with E-state index in [0.29, 0.717) is 11.8 Å². The van der Waals surface area contributed by atoms with Gasteiger partial charge in [-0.3, -0.25) is 4.98 Å². The summed E-state index contributed by atoms with van der Waals surface area (Å²) < 4.78 is 0. The number of hydrogen-bond donors (Lipinski definition) is 0. The first kappa shape index (κ1) is 8.06. The average Bonchev–Trinajstić information content (AvgIpc) is 2.86. The number of hydrogen-bond acceptors (Lipinski definition) is 1. The maximum atomic E-state index is 5.87. The summed E-state index contributed by atoms with van der Waals surface area (Å²) in [7, 11) is 0. The highest BCUT2D eigenvalue weighted by Crippen LogP contribution is 2.41. The molecule has 12 heavy (non-hydrogen) atoms. The number of alkyl halides is 1. The molecule has 1 aromatic rings. The van der Waals surface area contributed by atoms with Gasteiger partial charge in [0, 0.05) is 23.7 Å². The molecule has 0 radical (unpaired) electrons. The Hall–Kier alpha value is -0.560. The molecule has 0 amide bonds. The Morgan fingerprint density at radius 3 is 2.92 bits per heavy atom. The molecule has 0 saturated heterocycles. The molecule has 1 aliphatic carbocycles. The van der Waals surface area contributed by atoms with Crippen LogP contribution in [0.25, 0.3) is 0 Å². The fourth-order valence-electron chi connectivity index (χ4n) is 1.49. The molecular formula is C10H12ClN. The number of nitrogens with zero attached hydrogens (tertiary/aromatic N) is 1. The topological polar surface area (TPSA) is 12.9 Å². The first-order valence-corrected chi connectivity index (χ1v) is 4.86. The molecule has 2 rings (SSSR count). The second-order valence-electron chi connectivity index (χ2n) is 3.40. The number of rotatable bonds is 2. The van der Waals surface area contributed by atoms with Crippen LogP contribution in [0.3, 0.4) is 0 Å². The van der Waals surface area contributed by atoms with Crippen LogP contribution in [0.15, 0.2) is 12.3 Å². The first-order valence-electron chi connectivity index (χ1n) is 4.33.